The largest absolute Gasteiger partial charge is 0.271 e. The van der Waals surface area contributed by atoms with Crippen molar-refractivity contribution in [2.24, 2.45) is 5.84 Å². The highest BCUT2D eigenvalue weighted by molar-refractivity contribution is 5.39. The molecule has 0 aliphatic rings. The van der Waals surface area contributed by atoms with E-state index in [-0.39, 0.29) is 5.56 Å². The zero-order chi connectivity index (χ0) is 14.0. The number of benzene rings is 2. The summed E-state index contributed by atoms with van der Waals surface area (Å²) in [5, 5.41) is 0. The zero-order valence-electron chi connectivity index (χ0n) is 10.9. The topological polar surface area (TPSA) is 38.0 Å². The van der Waals surface area contributed by atoms with E-state index in [0.717, 1.165) is 16.7 Å². The second-order valence-corrected chi connectivity index (χ2v) is 4.60. The first kappa shape index (κ1) is 13.6. The van der Waals surface area contributed by atoms with E-state index in [1.54, 1.807) is 0 Å². The van der Waals surface area contributed by atoms with Gasteiger partial charge in [0.15, 0.2) is 0 Å². The van der Waals surface area contributed by atoms with Crippen molar-refractivity contribution in [3.8, 4) is 0 Å². The van der Waals surface area contributed by atoms with E-state index in [1.165, 1.54) is 18.2 Å². The van der Waals surface area contributed by atoms with Crippen molar-refractivity contribution >= 4 is 0 Å². The minimum Gasteiger partial charge on any atom is -0.271 e. The molecule has 0 fully saturated rings. The van der Waals surface area contributed by atoms with E-state index in [4.69, 9.17) is 5.84 Å². The van der Waals surface area contributed by atoms with Gasteiger partial charge in [-0.1, -0.05) is 29.8 Å². The number of rotatable bonds is 3. The van der Waals surface area contributed by atoms with Crippen LogP contribution in [0.5, 0.6) is 0 Å². The standard InChI is InChI=1S/C15H16F2N2/c1-9-6-7-11(10(2)8-9)15(19-18)14-12(16)4-3-5-13(14)17/h3-8,15,19H,18H2,1-2H3. The van der Waals surface area contributed by atoms with E-state index < -0.39 is 17.7 Å². The van der Waals surface area contributed by atoms with Gasteiger partial charge in [0, 0.05) is 5.56 Å². The molecule has 0 aliphatic heterocycles. The van der Waals surface area contributed by atoms with Gasteiger partial charge < -0.3 is 0 Å². The van der Waals surface area contributed by atoms with Gasteiger partial charge in [0.1, 0.15) is 11.6 Å². The predicted octanol–water partition coefficient (Wildman–Crippen LogP) is 3.13. The van der Waals surface area contributed by atoms with Gasteiger partial charge in [-0.25, -0.2) is 14.2 Å². The second-order valence-electron chi connectivity index (χ2n) is 4.60. The van der Waals surface area contributed by atoms with Gasteiger partial charge in [-0.15, -0.1) is 0 Å². The summed E-state index contributed by atoms with van der Waals surface area (Å²) in [4.78, 5) is 0. The van der Waals surface area contributed by atoms with Gasteiger partial charge in [-0.2, -0.15) is 0 Å². The summed E-state index contributed by atoms with van der Waals surface area (Å²) < 4.78 is 27.7. The first-order chi connectivity index (χ1) is 9.04. The van der Waals surface area contributed by atoms with Crippen LogP contribution in [0.15, 0.2) is 36.4 Å². The Hall–Kier alpha value is -1.78. The summed E-state index contributed by atoms with van der Waals surface area (Å²) in [6.45, 7) is 3.86. The molecule has 0 saturated carbocycles. The zero-order valence-corrected chi connectivity index (χ0v) is 10.9. The first-order valence-electron chi connectivity index (χ1n) is 6.01. The van der Waals surface area contributed by atoms with Crippen LogP contribution in [0.3, 0.4) is 0 Å². The van der Waals surface area contributed by atoms with Crippen molar-refractivity contribution in [2.75, 3.05) is 0 Å². The third-order valence-corrected chi connectivity index (χ3v) is 3.19. The molecular weight excluding hydrogens is 246 g/mol. The maximum absolute atomic E-state index is 13.8. The van der Waals surface area contributed by atoms with Crippen molar-refractivity contribution < 1.29 is 8.78 Å². The number of hydrogen-bond donors (Lipinski definition) is 2. The molecule has 0 aromatic heterocycles. The fraction of sp³-hybridized carbons (Fsp3) is 0.200. The Morgan fingerprint density at radius 1 is 1.05 bits per heavy atom. The Balaban J connectivity index is 2.56. The molecule has 2 nitrogen and oxygen atoms in total. The predicted molar refractivity (Wildman–Crippen MR) is 71.4 cm³/mol. The van der Waals surface area contributed by atoms with Crippen LogP contribution in [0.2, 0.25) is 0 Å². The minimum absolute atomic E-state index is 0.0584. The molecule has 100 valence electrons. The summed E-state index contributed by atoms with van der Waals surface area (Å²) in [5.41, 5.74) is 5.22. The highest BCUT2D eigenvalue weighted by atomic mass is 19.1. The Bertz CT molecular complexity index is 576. The number of aryl methyl sites for hydroxylation is 2. The second kappa shape index (κ2) is 5.47. The number of halogens is 2. The minimum atomic E-state index is -0.707. The van der Waals surface area contributed by atoms with Crippen molar-refractivity contribution in [1.29, 1.82) is 0 Å². The molecule has 0 spiro atoms. The summed E-state index contributed by atoms with van der Waals surface area (Å²) in [6.07, 6.45) is 0. The quantitative estimate of drug-likeness (QED) is 0.658. The smallest absolute Gasteiger partial charge is 0.131 e. The molecule has 1 atom stereocenters. The number of nitrogens with two attached hydrogens (primary N) is 1. The van der Waals surface area contributed by atoms with E-state index in [2.05, 4.69) is 5.43 Å². The van der Waals surface area contributed by atoms with Crippen LogP contribution < -0.4 is 11.3 Å². The average molecular weight is 262 g/mol. The Morgan fingerprint density at radius 3 is 2.21 bits per heavy atom. The van der Waals surface area contributed by atoms with Crippen LogP contribution in [0.1, 0.15) is 28.3 Å². The highest BCUT2D eigenvalue weighted by Gasteiger charge is 2.22. The number of nitrogens with one attached hydrogen (secondary N) is 1. The van der Waals surface area contributed by atoms with E-state index in [1.807, 2.05) is 32.0 Å². The van der Waals surface area contributed by atoms with Crippen LogP contribution in [-0.4, -0.2) is 0 Å². The summed E-state index contributed by atoms with van der Waals surface area (Å²) in [7, 11) is 0. The molecule has 0 radical (unpaired) electrons. The molecule has 2 rings (SSSR count). The average Bonchev–Trinajstić information content (AvgIpc) is 2.35. The molecule has 2 aromatic rings. The monoisotopic (exact) mass is 262 g/mol. The molecule has 0 heterocycles. The van der Waals surface area contributed by atoms with Gasteiger partial charge in [-0.05, 0) is 37.1 Å². The molecule has 1 unspecified atom stereocenters. The lowest BCUT2D eigenvalue weighted by molar-refractivity contribution is 0.509. The van der Waals surface area contributed by atoms with Crippen LogP contribution in [-0.2, 0) is 0 Å². The first-order valence-corrected chi connectivity index (χ1v) is 6.01. The molecule has 0 saturated heterocycles. The Morgan fingerprint density at radius 2 is 1.68 bits per heavy atom. The van der Waals surface area contributed by atoms with Crippen LogP contribution in [0.25, 0.3) is 0 Å². The van der Waals surface area contributed by atoms with Crippen LogP contribution in [0.4, 0.5) is 8.78 Å². The summed E-state index contributed by atoms with van der Waals surface area (Å²) in [6, 6.07) is 8.77. The Kier molecular flexibility index (Phi) is 3.93. The van der Waals surface area contributed by atoms with Crippen molar-refractivity contribution in [2.45, 2.75) is 19.9 Å². The third kappa shape index (κ3) is 2.64. The van der Waals surface area contributed by atoms with Crippen LogP contribution >= 0.6 is 0 Å². The number of hydrogen-bond acceptors (Lipinski definition) is 2. The van der Waals surface area contributed by atoms with E-state index >= 15 is 0 Å². The lowest BCUT2D eigenvalue weighted by atomic mass is 9.93. The lowest BCUT2D eigenvalue weighted by Crippen LogP contribution is -2.30. The maximum atomic E-state index is 13.8. The van der Waals surface area contributed by atoms with E-state index in [0.29, 0.717) is 0 Å². The maximum Gasteiger partial charge on any atom is 0.131 e. The number of hydrazine groups is 1. The molecule has 19 heavy (non-hydrogen) atoms. The fourth-order valence-electron chi connectivity index (χ4n) is 2.26. The normalized spacial score (nSPS) is 12.5. The Labute approximate surface area is 111 Å². The van der Waals surface area contributed by atoms with E-state index in [9.17, 15) is 8.78 Å². The SMILES string of the molecule is Cc1ccc(C(NN)c2c(F)cccc2F)c(C)c1. The molecule has 0 bridgehead atoms. The molecule has 0 amide bonds. The van der Waals surface area contributed by atoms with Gasteiger partial charge in [0.2, 0.25) is 0 Å². The highest BCUT2D eigenvalue weighted by Crippen LogP contribution is 2.28. The molecule has 0 aliphatic carbocycles. The van der Waals surface area contributed by atoms with Crippen molar-refractivity contribution in [1.82, 2.24) is 5.43 Å². The fourth-order valence-corrected chi connectivity index (χ4v) is 2.26. The molecular formula is C15H16F2N2. The van der Waals surface area contributed by atoms with Gasteiger partial charge >= 0.3 is 0 Å². The summed E-state index contributed by atoms with van der Waals surface area (Å²) >= 11 is 0. The van der Waals surface area contributed by atoms with Gasteiger partial charge in [0.25, 0.3) is 0 Å². The lowest BCUT2D eigenvalue weighted by Gasteiger charge is -2.20. The summed E-state index contributed by atoms with van der Waals surface area (Å²) in [5.74, 6) is 4.28. The molecule has 3 N–H and O–H groups in total. The van der Waals surface area contributed by atoms with Crippen LogP contribution in [0, 0.1) is 25.5 Å². The van der Waals surface area contributed by atoms with Crippen molar-refractivity contribution in [3.05, 3.63) is 70.3 Å². The van der Waals surface area contributed by atoms with Gasteiger partial charge in [-0.3, -0.25) is 5.84 Å². The molecule has 2 aromatic carbocycles. The third-order valence-electron chi connectivity index (χ3n) is 3.19. The molecule has 4 heteroatoms. The van der Waals surface area contributed by atoms with Gasteiger partial charge in [0.05, 0.1) is 6.04 Å². The van der Waals surface area contributed by atoms with Crippen molar-refractivity contribution in [3.63, 3.8) is 0 Å².